The third kappa shape index (κ3) is 3.56. The largest absolute Gasteiger partial charge is 0.419 e. The van der Waals surface area contributed by atoms with Gasteiger partial charge >= 0.3 is 6.18 Å². The van der Waals surface area contributed by atoms with Crippen LogP contribution in [0.5, 0.6) is 0 Å². The summed E-state index contributed by atoms with van der Waals surface area (Å²) in [7, 11) is -3.34. The van der Waals surface area contributed by atoms with Crippen molar-refractivity contribution in [3.8, 4) is 0 Å². The first-order valence-electron chi connectivity index (χ1n) is 6.13. The van der Waals surface area contributed by atoms with E-state index in [4.69, 9.17) is 5.73 Å². The van der Waals surface area contributed by atoms with Gasteiger partial charge in [-0.3, -0.25) is 0 Å². The van der Waals surface area contributed by atoms with E-state index in [9.17, 15) is 21.6 Å². The van der Waals surface area contributed by atoms with Crippen LogP contribution in [-0.4, -0.2) is 50.1 Å². The van der Waals surface area contributed by atoms with Crippen molar-refractivity contribution >= 4 is 21.7 Å². The molecule has 1 aliphatic rings. The SMILES string of the molecule is CS(=O)(=O)N1CCN(c2nc(N)ccc2C(F)(F)F)CC1. The number of rotatable bonds is 2. The number of hydrogen-bond acceptors (Lipinski definition) is 5. The van der Waals surface area contributed by atoms with Crippen LogP contribution in [0.15, 0.2) is 12.1 Å². The topological polar surface area (TPSA) is 79.5 Å². The highest BCUT2D eigenvalue weighted by molar-refractivity contribution is 7.88. The lowest BCUT2D eigenvalue weighted by atomic mass is 10.2. The van der Waals surface area contributed by atoms with Crippen LogP contribution in [-0.2, 0) is 16.2 Å². The number of aromatic nitrogens is 1. The van der Waals surface area contributed by atoms with Crippen molar-refractivity contribution in [3.63, 3.8) is 0 Å². The van der Waals surface area contributed by atoms with Crippen molar-refractivity contribution in [3.05, 3.63) is 17.7 Å². The third-order valence-corrected chi connectivity index (χ3v) is 4.51. The second-order valence-corrected chi connectivity index (χ2v) is 6.74. The van der Waals surface area contributed by atoms with Gasteiger partial charge in [0.25, 0.3) is 0 Å². The van der Waals surface area contributed by atoms with Gasteiger partial charge in [-0.15, -0.1) is 0 Å². The zero-order valence-corrected chi connectivity index (χ0v) is 12.1. The van der Waals surface area contributed by atoms with Gasteiger partial charge in [0.1, 0.15) is 11.6 Å². The minimum absolute atomic E-state index is 0.0106. The summed E-state index contributed by atoms with van der Waals surface area (Å²) in [6.07, 6.45) is -3.47. The summed E-state index contributed by atoms with van der Waals surface area (Å²) in [6, 6.07) is 1.99. The summed E-state index contributed by atoms with van der Waals surface area (Å²) in [5.41, 5.74) is 4.59. The normalized spacial score (nSPS) is 18.0. The summed E-state index contributed by atoms with van der Waals surface area (Å²) in [5.74, 6) is -0.265. The first-order valence-corrected chi connectivity index (χ1v) is 7.97. The van der Waals surface area contributed by atoms with E-state index >= 15 is 0 Å². The summed E-state index contributed by atoms with van der Waals surface area (Å²) in [6.45, 7) is 0.498. The Balaban J connectivity index is 2.26. The minimum Gasteiger partial charge on any atom is -0.384 e. The molecule has 118 valence electrons. The van der Waals surface area contributed by atoms with Crippen molar-refractivity contribution in [2.24, 2.45) is 0 Å². The van der Waals surface area contributed by atoms with E-state index in [-0.39, 0.29) is 37.8 Å². The minimum atomic E-state index is -4.54. The number of hydrogen-bond donors (Lipinski definition) is 1. The van der Waals surface area contributed by atoms with Gasteiger partial charge in [0, 0.05) is 26.2 Å². The molecular weight excluding hydrogens is 309 g/mol. The average molecular weight is 324 g/mol. The number of nitrogens with two attached hydrogens (primary N) is 1. The number of sulfonamides is 1. The predicted octanol–water partition coefficient (Wildman–Crippen LogP) is 0.764. The Morgan fingerprint density at radius 1 is 1.19 bits per heavy atom. The number of pyridine rings is 1. The standard InChI is InChI=1S/C11H15F3N4O2S/c1-21(19,20)18-6-4-17(5-7-18)10-8(11(12,13)14)2-3-9(15)16-10/h2-3H,4-7H2,1H3,(H2,15,16). The number of nitrogen functional groups attached to an aromatic ring is 1. The molecule has 0 saturated carbocycles. The molecule has 0 aliphatic carbocycles. The fraction of sp³-hybridized carbons (Fsp3) is 0.545. The molecule has 0 aromatic carbocycles. The van der Waals surface area contributed by atoms with Crippen LogP contribution in [0, 0.1) is 0 Å². The molecule has 1 aromatic rings. The Bertz CT molecular complexity index is 625. The lowest BCUT2D eigenvalue weighted by Gasteiger charge is -2.35. The molecule has 0 spiro atoms. The number of anilines is 2. The molecule has 0 radical (unpaired) electrons. The maximum Gasteiger partial charge on any atom is 0.419 e. The molecule has 10 heteroatoms. The van der Waals surface area contributed by atoms with E-state index in [1.165, 1.54) is 9.21 Å². The zero-order chi connectivity index (χ0) is 15.8. The maximum absolute atomic E-state index is 13.0. The van der Waals surface area contributed by atoms with Crippen LogP contribution >= 0.6 is 0 Å². The lowest BCUT2D eigenvalue weighted by molar-refractivity contribution is -0.137. The number of nitrogens with zero attached hydrogens (tertiary/aromatic N) is 3. The Morgan fingerprint density at radius 3 is 2.24 bits per heavy atom. The molecule has 0 atom stereocenters. The molecule has 2 N–H and O–H groups in total. The van der Waals surface area contributed by atoms with Crippen molar-refractivity contribution < 1.29 is 21.6 Å². The second kappa shape index (κ2) is 5.34. The van der Waals surface area contributed by atoms with E-state index < -0.39 is 21.8 Å². The van der Waals surface area contributed by atoms with Gasteiger partial charge < -0.3 is 10.6 Å². The Hall–Kier alpha value is -1.55. The highest BCUT2D eigenvalue weighted by atomic mass is 32.2. The lowest BCUT2D eigenvalue weighted by Crippen LogP contribution is -2.49. The molecule has 21 heavy (non-hydrogen) atoms. The first-order chi connectivity index (χ1) is 9.59. The predicted molar refractivity (Wildman–Crippen MR) is 72.3 cm³/mol. The summed E-state index contributed by atoms with van der Waals surface area (Å²) < 4.78 is 63.0. The van der Waals surface area contributed by atoms with E-state index in [2.05, 4.69) is 4.98 Å². The zero-order valence-electron chi connectivity index (χ0n) is 11.3. The summed E-state index contributed by atoms with van der Waals surface area (Å²) >= 11 is 0. The van der Waals surface area contributed by atoms with Crippen LogP contribution in [0.4, 0.5) is 24.8 Å². The Morgan fingerprint density at radius 2 is 1.76 bits per heavy atom. The van der Waals surface area contributed by atoms with Gasteiger partial charge in [-0.1, -0.05) is 0 Å². The van der Waals surface area contributed by atoms with Crippen LogP contribution < -0.4 is 10.6 Å². The van der Waals surface area contributed by atoms with Gasteiger partial charge in [-0.25, -0.2) is 13.4 Å². The molecule has 0 unspecified atom stereocenters. The third-order valence-electron chi connectivity index (χ3n) is 3.21. The Kier molecular flexibility index (Phi) is 4.02. The van der Waals surface area contributed by atoms with Gasteiger partial charge in [-0.2, -0.15) is 17.5 Å². The van der Waals surface area contributed by atoms with Crippen molar-refractivity contribution in [2.45, 2.75) is 6.18 Å². The maximum atomic E-state index is 13.0. The number of halogens is 3. The van der Waals surface area contributed by atoms with Crippen LogP contribution in [0.3, 0.4) is 0 Å². The van der Waals surface area contributed by atoms with E-state index in [0.29, 0.717) is 0 Å². The van der Waals surface area contributed by atoms with Gasteiger partial charge in [0.2, 0.25) is 10.0 Å². The average Bonchev–Trinajstić information content (AvgIpc) is 2.36. The van der Waals surface area contributed by atoms with Crippen molar-refractivity contribution in [1.82, 2.24) is 9.29 Å². The molecule has 2 rings (SSSR count). The molecule has 1 aromatic heterocycles. The van der Waals surface area contributed by atoms with Crippen LogP contribution in [0.25, 0.3) is 0 Å². The first kappa shape index (κ1) is 15.8. The highest BCUT2D eigenvalue weighted by Gasteiger charge is 2.37. The molecule has 1 aliphatic heterocycles. The quantitative estimate of drug-likeness (QED) is 0.869. The molecule has 0 bridgehead atoms. The van der Waals surface area contributed by atoms with Gasteiger partial charge in [0.15, 0.2) is 0 Å². The monoisotopic (exact) mass is 324 g/mol. The summed E-state index contributed by atoms with van der Waals surface area (Å²) in [5, 5.41) is 0. The second-order valence-electron chi connectivity index (χ2n) is 4.75. The fourth-order valence-corrected chi connectivity index (χ4v) is 2.98. The van der Waals surface area contributed by atoms with Gasteiger partial charge in [0.05, 0.1) is 11.8 Å². The van der Waals surface area contributed by atoms with Gasteiger partial charge in [-0.05, 0) is 12.1 Å². The van der Waals surface area contributed by atoms with Crippen molar-refractivity contribution in [1.29, 1.82) is 0 Å². The molecule has 1 saturated heterocycles. The van der Waals surface area contributed by atoms with Crippen molar-refractivity contribution in [2.75, 3.05) is 43.1 Å². The van der Waals surface area contributed by atoms with Crippen LogP contribution in [0.2, 0.25) is 0 Å². The molecule has 1 fully saturated rings. The van der Waals surface area contributed by atoms with E-state index in [1.54, 1.807) is 0 Å². The molecule has 6 nitrogen and oxygen atoms in total. The van der Waals surface area contributed by atoms with E-state index in [1.807, 2.05) is 0 Å². The van der Waals surface area contributed by atoms with Crippen LogP contribution in [0.1, 0.15) is 5.56 Å². The molecular formula is C11H15F3N4O2S. The number of piperazine rings is 1. The molecule has 0 amide bonds. The summed E-state index contributed by atoms with van der Waals surface area (Å²) in [4.78, 5) is 5.17. The fourth-order valence-electron chi connectivity index (χ4n) is 2.16. The smallest absolute Gasteiger partial charge is 0.384 e. The van der Waals surface area contributed by atoms with E-state index in [0.717, 1.165) is 18.4 Å². The molecule has 2 heterocycles. The Labute approximate surface area is 120 Å². The number of alkyl halides is 3. The highest BCUT2D eigenvalue weighted by Crippen LogP contribution is 2.36.